The molecule has 94 valence electrons. The maximum atomic E-state index is 12.1. The predicted molar refractivity (Wildman–Crippen MR) is 70.2 cm³/mol. The molecule has 1 amide bonds. The Morgan fingerprint density at radius 1 is 1.44 bits per heavy atom. The number of carbonyl (C=O) groups is 1. The second-order valence-corrected chi connectivity index (χ2v) is 4.39. The number of carbonyl (C=O) groups excluding carboxylic acids is 1. The zero-order valence-electron chi connectivity index (χ0n) is 10.5. The Balaban J connectivity index is 2.08. The lowest BCUT2D eigenvalue weighted by molar-refractivity contribution is -0.118. The standard InChI is InChI=1S/C14H17N3O/c1-2-16-13-8-10-17(14(13)18)12-5-3-11(4-6-12)7-9-15/h3-6,13,16H,2,7-8,10H2,1H3. The third kappa shape index (κ3) is 2.52. The van der Waals surface area contributed by atoms with Crippen LogP contribution in [0.4, 0.5) is 5.69 Å². The topological polar surface area (TPSA) is 56.1 Å². The molecule has 1 aromatic rings. The minimum absolute atomic E-state index is 0.0474. The number of nitrogens with one attached hydrogen (secondary N) is 1. The van der Waals surface area contributed by atoms with E-state index in [1.54, 1.807) is 0 Å². The first-order valence-corrected chi connectivity index (χ1v) is 6.27. The Morgan fingerprint density at radius 3 is 2.78 bits per heavy atom. The van der Waals surface area contributed by atoms with Gasteiger partial charge in [0.15, 0.2) is 0 Å². The van der Waals surface area contributed by atoms with Gasteiger partial charge in [-0.05, 0) is 30.7 Å². The molecule has 1 aliphatic heterocycles. The fourth-order valence-electron chi connectivity index (χ4n) is 2.26. The number of nitriles is 1. The lowest BCUT2D eigenvalue weighted by Gasteiger charge is -2.17. The lowest BCUT2D eigenvalue weighted by atomic mass is 10.1. The van der Waals surface area contributed by atoms with Gasteiger partial charge >= 0.3 is 0 Å². The van der Waals surface area contributed by atoms with Crippen LogP contribution in [0.1, 0.15) is 18.9 Å². The van der Waals surface area contributed by atoms with E-state index in [1.165, 1.54) is 0 Å². The molecule has 4 heteroatoms. The number of hydrogen-bond acceptors (Lipinski definition) is 3. The summed E-state index contributed by atoms with van der Waals surface area (Å²) in [5.41, 5.74) is 1.90. The van der Waals surface area contributed by atoms with Crippen LogP contribution < -0.4 is 10.2 Å². The van der Waals surface area contributed by atoms with E-state index in [2.05, 4.69) is 11.4 Å². The molecule has 0 spiro atoms. The van der Waals surface area contributed by atoms with E-state index in [-0.39, 0.29) is 11.9 Å². The van der Waals surface area contributed by atoms with Gasteiger partial charge in [0.2, 0.25) is 5.91 Å². The molecule has 0 bridgehead atoms. The Kier molecular flexibility index (Phi) is 3.96. The minimum atomic E-state index is -0.0474. The third-order valence-electron chi connectivity index (χ3n) is 3.19. The van der Waals surface area contributed by atoms with Crippen LogP contribution in [-0.4, -0.2) is 25.0 Å². The number of amides is 1. The van der Waals surface area contributed by atoms with Gasteiger partial charge in [-0.3, -0.25) is 4.79 Å². The zero-order chi connectivity index (χ0) is 13.0. The molecule has 18 heavy (non-hydrogen) atoms. The second kappa shape index (κ2) is 5.65. The van der Waals surface area contributed by atoms with E-state index in [4.69, 9.17) is 5.26 Å². The van der Waals surface area contributed by atoms with Crippen molar-refractivity contribution in [2.45, 2.75) is 25.8 Å². The molecule has 1 aliphatic rings. The number of nitrogens with zero attached hydrogens (tertiary/aromatic N) is 2. The van der Waals surface area contributed by atoms with Crippen molar-refractivity contribution >= 4 is 11.6 Å². The van der Waals surface area contributed by atoms with Gasteiger partial charge in [-0.15, -0.1) is 0 Å². The van der Waals surface area contributed by atoms with Crippen molar-refractivity contribution in [3.05, 3.63) is 29.8 Å². The van der Waals surface area contributed by atoms with Crippen LogP contribution in [0.5, 0.6) is 0 Å². The van der Waals surface area contributed by atoms with Gasteiger partial charge in [0.1, 0.15) is 0 Å². The van der Waals surface area contributed by atoms with Gasteiger partial charge in [-0.1, -0.05) is 19.1 Å². The van der Waals surface area contributed by atoms with Gasteiger partial charge in [-0.2, -0.15) is 5.26 Å². The monoisotopic (exact) mass is 243 g/mol. The van der Waals surface area contributed by atoms with Gasteiger partial charge in [-0.25, -0.2) is 0 Å². The lowest BCUT2D eigenvalue weighted by Crippen LogP contribution is -2.38. The van der Waals surface area contributed by atoms with Crippen molar-refractivity contribution in [2.75, 3.05) is 18.0 Å². The van der Waals surface area contributed by atoms with E-state index >= 15 is 0 Å². The van der Waals surface area contributed by atoms with Gasteiger partial charge in [0.05, 0.1) is 18.5 Å². The largest absolute Gasteiger partial charge is 0.311 e. The first kappa shape index (κ1) is 12.6. The summed E-state index contributed by atoms with van der Waals surface area (Å²) in [6.45, 7) is 3.58. The van der Waals surface area contributed by atoms with Crippen LogP contribution in [0.2, 0.25) is 0 Å². The summed E-state index contributed by atoms with van der Waals surface area (Å²) in [5, 5.41) is 11.8. The van der Waals surface area contributed by atoms with Crippen molar-refractivity contribution in [3.63, 3.8) is 0 Å². The molecule has 4 nitrogen and oxygen atoms in total. The van der Waals surface area contributed by atoms with Gasteiger partial charge in [0.25, 0.3) is 0 Å². The summed E-state index contributed by atoms with van der Waals surface area (Å²) in [4.78, 5) is 13.9. The molecule has 0 radical (unpaired) electrons. The number of hydrogen-bond donors (Lipinski definition) is 1. The second-order valence-electron chi connectivity index (χ2n) is 4.39. The summed E-state index contributed by atoms with van der Waals surface area (Å²) in [6, 6.07) is 9.72. The number of likely N-dealkylation sites (N-methyl/N-ethyl adjacent to an activating group) is 1. The first-order chi connectivity index (χ1) is 8.76. The molecule has 1 aromatic carbocycles. The summed E-state index contributed by atoms with van der Waals surface area (Å²) < 4.78 is 0. The van der Waals surface area contributed by atoms with Crippen molar-refractivity contribution in [1.82, 2.24) is 5.32 Å². The quantitative estimate of drug-likeness (QED) is 0.871. The SMILES string of the molecule is CCNC1CCN(c2ccc(CC#N)cc2)C1=O. The Morgan fingerprint density at radius 2 is 2.17 bits per heavy atom. The van der Waals surface area contributed by atoms with Gasteiger partial charge < -0.3 is 10.2 Å². The average Bonchev–Trinajstić information content (AvgIpc) is 2.73. The van der Waals surface area contributed by atoms with Crippen LogP contribution in [0.15, 0.2) is 24.3 Å². The molecule has 1 N–H and O–H groups in total. The van der Waals surface area contributed by atoms with Crippen LogP contribution in [0.25, 0.3) is 0 Å². The highest BCUT2D eigenvalue weighted by Gasteiger charge is 2.31. The molecule has 0 saturated carbocycles. The summed E-state index contributed by atoms with van der Waals surface area (Å²) >= 11 is 0. The fourth-order valence-corrected chi connectivity index (χ4v) is 2.26. The number of benzene rings is 1. The van der Waals surface area contributed by atoms with E-state index < -0.39 is 0 Å². The van der Waals surface area contributed by atoms with E-state index in [0.717, 1.165) is 30.8 Å². The zero-order valence-corrected chi connectivity index (χ0v) is 10.5. The molecule has 2 rings (SSSR count). The predicted octanol–water partition coefficient (Wildman–Crippen LogP) is 1.47. The molecule has 1 atom stereocenters. The summed E-state index contributed by atoms with van der Waals surface area (Å²) in [7, 11) is 0. The number of rotatable bonds is 4. The average molecular weight is 243 g/mol. The highest BCUT2D eigenvalue weighted by Crippen LogP contribution is 2.22. The van der Waals surface area contributed by atoms with E-state index in [0.29, 0.717) is 6.42 Å². The van der Waals surface area contributed by atoms with Crippen molar-refractivity contribution in [1.29, 1.82) is 5.26 Å². The maximum Gasteiger partial charge on any atom is 0.244 e. The smallest absolute Gasteiger partial charge is 0.244 e. The third-order valence-corrected chi connectivity index (χ3v) is 3.19. The van der Waals surface area contributed by atoms with Crippen molar-refractivity contribution in [3.8, 4) is 6.07 Å². The highest BCUT2D eigenvalue weighted by atomic mass is 16.2. The fraction of sp³-hybridized carbons (Fsp3) is 0.429. The summed E-state index contributed by atoms with van der Waals surface area (Å²) in [6.07, 6.45) is 1.26. The minimum Gasteiger partial charge on any atom is -0.311 e. The molecule has 1 fully saturated rings. The molecule has 1 saturated heterocycles. The summed E-state index contributed by atoms with van der Waals surface area (Å²) in [5.74, 6) is 0.143. The van der Waals surface area contributed by atoms with Crippen LogP contribution in [0, 0.1) is 11.3 Å². The molecular weight excluding hydrogens is 226 g/mol. The Bertz CT molecular complexity index is 461. The molecule has 1 unspecified atom stereocenters. The van der Waals surface area contributed by atoms with Gasteiger partial charge in [0, 0.05) is 12.2 Å². The van der Waals surface area contributed by atoms with Crippen molar-refractivity contribution < 1.29 is 4.79 Å². The Hall–Kier alpha value is -1.86. The Labute approximate surface area is 107 Å². The molecular formula is C14H17N3O. The van der Waals surface area contributed by atoms with E-state index in [1.807, 2.05) is 36.1 Å². The van der Waals surface area contributed by atoms with E-state index in [9.17, 15) is 4.79 Å². The van der Waals surface area contributed by atoms with Crippen molar-refractivity contribution in [2.24, 2.45) is 0 Å². The molecule has 0 aromatic heterocycles. The normalized spacial score (nSPS) is 19.0. The van der Waals surface area contributed by atoms with Crippen LogP contribution >= 0.6 is 0 Å². The molecule has 0 aliphatic carbocycles. The maximum absolute atomic E-state index is 12.1. The van der Waals surface area contributed by atoms with Crippen LogP contribution in [0.3, 0.4) is 0 Å². The number of anilines is 1. The first-order valence-electron chi connectivity index (χ1n) is 6.27. The molecule has 1 heterocycles. The van der Waals surface area contributed by atoms with Crippen LogP contribution in [-0.2, 0) is 11.2 Å². The highest BCUT2D eigenvalue weighted by molar-refractivity contribution is 5.99.